The summed E-state index contributed by atoms with van der Waals surface area (Å²) in [6.07, 6.45) is 0.664. The molecule has 1 aromatic carbocycles. The Morgan fingerprint density at radius 3 is 2.53 bits per heavy atom. The number of ether oxygens (including phenoxy) is 1. The van der Waals surface area contributed by atoms with Crippen molar-refractivity contribution < 1.29 is 14.3 Å². The minimum Gasteiger partial charge on any atom is -0.496 e. The molecule has 1 aromatic rings. The van der Waals surface area contributed by atoms with E-state index in [-0.39, 0.29) is 24.2 Å². The number of ketones is 1. The number of nitrogens with zero attached hydrogens (tertiary/aromatic N) is 1. The van der Waals surface area contributed by atoms with Gasteiger partial charge in [-0.2, -0.15) is 0 Å². The summed E-state index contributed by atoms with van der Waals surface area (Å²) in [6.45, 7) is 3.39. The van der Waals surface area contributed by atoms with Gasteiger partial charge in [0.05, 0.1) is 13.5 Å². The third-order valence-corrected chi connectivity index (χ3v) is 3.16. The molecule has 0 heterocycles. The molecule has 4 nitrogen and oxygen atoms in total. The zero-order valence-corrected chi connectivity index (χ0v) is 12.0. The lowest BCUT2D eigenvalue weighted by atomic mass is 10.0. The van der Waals surface area contributed by atoms with E-state index < -0.39 is 0 Å². The molecule has 1 atom stereocenters. The Balaban J connectivity index is 2.70. The van der Waals surface area contributed by atoms with Crippen LogP contribution < -0.4 is 4.74 Å². The predicted molar refractivity (Wildman–Crippen MR) is 74.2 cm³/mol. The largest absolute Gasteiger partial charge is 0.496 e. The normalized spacial score (nSPS) is 11.8. The number of carbonyl (C=O) groups is 2. The summed E-state index contributed by atoms with van der Waals surface area (Å²) in [4.78, 5) is 24.4. The lowest BCUT2D eigenvalue weighted by molar-refractivity contribution is -0.135. The van der Waals surface area contributed by atoms with Crippen LogP contribution in [0.5, 0.6) is 5.75 Å². The van der Waals surface area contributed by atoms with E-state index in [2.05, 4.69) is 0 Å². The third kappa shape index (κ3) is 4.39. The maximum atomic E-state index is 11.8. The van der Waals surface area contributed by atoms with Gasteiger partial charge in [0, 0.05) is 13.1 Å². The Morgan fingerprint density at radius 2 is 1.95 bits per heavy atom. The molecule has 0 bridgehead atoms. The number of likely N-dealkylation sites (N-methyl/N-ethyl adjacent to an activating group) is 1. The van der Waals surface area contributed by atoms with Crippen LogP contribution in [0.4, 0.5) is 0 Å². The minimum absolute atomic E-state index is 0.0168. The molecule has 0 radical (unpaired) electrons. The number of methoxy groups -OCH3 is 1. The molecule has 0 saturated carbocycles. The minimum atomic E-state index is -0.144. The van der Waals surface area contributed by atoms with Crippen LogP contribution in [0.2, 0.25) is 0 Å². The molecule has 0 aliphatic rings. The SMILES string of the molecule is COc1ccccc1CC(C)N(C)C(=O)CC(C)=O. The Kier molecular flexibility index (Phi) is 5.55. The summed E-state index contributed by atoms with van der Waals surface area (Å²) >= 11 is 0. The second-order valence-corrected chi connectivity index (χ2v) is 4.75. The zero-order chi connectivity index (χ0) is 14.4. The standard InChI is InChI=1S/C15H21NO3/c1-11(16(3)15(18)10-12(2)17)9-13-7-5-6-8-14(13)19-4/h5-8,11H,9-10H2,1-4H3. The zero-order valence-electron chi connectivity index (χ0n) is 12.0. The summed E-state index contributed by atoms with van der Waals surface area (Å²) in [5.41, 5.74) is 1.06. The Morgan fingerprint density at radius 1 is 1.32 bits per heavy atom. The van der Waals surface area contributed by atoms with Gasteiger partial charge in [0.1, 0.15) is 11.5 Å². The van der Waals surface area contributed by atoms with Gasteiger partial charge in [-0.15, -0.1) is 0 Å². The number of benzene rings is 1. The molecule has 0 fully saturated rings. The van der Waals surface area contributed by atoms with Crippen LogP contribution in [0.1, 0.15) is 25.8 Å². The van der Waals surface area contributed by atoms with Gasteiger partial charge in [0.15, 0.2) is 0 Å². The average Bonchev–Trinajstić information content (AvgIpc) is 2.37. The summed E-state index contributed by atoms with van der Waals surface area (Å²) in [6, 6.07) is 7.76. The average molecular weight is 263 g/mol. The van der Waals surface area contributed by atoms with Crippen LogP contribution in [0.3, 0.4) is 0 Å². The van der Waals surface area contributed by atoms with E-state index in [9.17, 15) is 9.59 Å². The lowest BCUT2D eigenvalue weighted by Gasteiger charge is -2.25. The monoisotopic (exact) mass is 263 g/mol. The van der Waals surface area contributed by atoms with Crippen molar-refractivity contribution in [2.45, 2.75) is 32.7 Å². The first kappa shape index (κ1) is 15.2. The van der Waals surface area contributed by atoms with Gasteiger partial charge in [0.2, 0.25) is 5.91 Å². The van der Waals surface area contributed by atoms with Crippen molar-refractivity contribution in [3.8, 4) is 5.75 Å². The quantitative estimate of drug-likeness (QED) is 0.738. The van der Waals surface area contributed by atoms with Gasteiger partial charge in [-0.3, -0.25) is 9.59 Å². The van der Waals surface area contributed by atoms with Gasteiger partial charge in [-0.25, -0.2) is 0 Å². The maximum Gasteiger partial charge on any atom is 0.229 e. The lowest BCUT2D eigenvalue weighted by Crippen LogP contribution is -2.37. The maximum absolute atomic E-state index is 11.8. The van der Waals surface area contributed by atoms with Crippen molar-refractivity contribution in [3.05, 3.63) is 29.8 Å². The number of Topliss-reactive ketones (excluding diaryl/α,β-unsaturated/α-hetero) is 1. The van der Waals surface area contributed by atoms with Crippen LogP contribution in [0.25, 0.3) is 0 Å². The molecule has 0 spiro atoms. The van der Waals surface area contributed by atoms with Crippen LogP contribution in [0, 0.1) is 0 Å². The smallest absolute Gasteiger partial charge is 0.229 e. The molecule has 104 valence electrons. The molecule has 1 unspecified atom stereocenters. The van der Waals surface area contributed by atoms with E-state index in [1.54, 1.807) is 19.1 Å². The van der Waals surface area contributed by atoms with Gasteiger partial charge in [0.25, 0.3) is 0 Å². The van der Waals surface area contributed by atoms with Crippen molar-refractivity contribution in [2.24, 2.45) is 0 Å². The number of rotatable bonds is 6. The molecule has 0 aromatic heterocycles. The van der Waals surface area contributed by atoms with E-state index in [1.165, 1.54) is 6.92 Å². The van der Waals surface area contributed by atoms with E-state index in [4.69, 9.17) is 4.74 Å². The first-order chi connectivity index (χ1) is 8.95. The van der Waals surface area contributed by atoms with Gasteiger partial charge in [-0.1, -0.05) is 18.2 Å². The van der Waals surface area contributed by atoms with E-state index in [0.717, 1.165) is 11.3 Å². The molecule has 4 heteroatoms. The Bertz CT molecular complexity index is 456. The van der Waals surface area contributed by atoms with Gasteiger partial charge >= 0.3 is 0 Å². The molecular weight excluding hydrogens is 242 g/mol. The molecule has 0 saturated heterocycles. The van der Waals surface area contributed by atoms with Crippen molar-refractivity contribution >= 4 is 11.7 Å². The van der Waals surface area contributed by atoms with Crippen molar-refractivity contribution in [3.63, 3.8) is 0 Å². The van der Waals surface area contributed by atoms with E-state index in [1.807, 2.05) is 31.2 Å². The number of hydrogen-bond donors (Lipinski definition) is 0. The highest BCUT2D eigenvalue weighted by Gasteiger charge is 2.18. The number of hydrogen-bond acceptors (Lipinski definition) is 3. The van der Waals surface area contributed by atoms with Crippen molar-refractivity contribution in [1.29, 1.82) is 0 Å². The van der Waals surface area contributed by atoms with Crippen LogP contribution in [-0.4, -0.2) is 36.8 Å². The molecule has 0 N–H and O–H groups in total. The molecule has 0 aliphatic carbocycles. The third-order valence-electron chi connectivity index (χ3n) is 3.16. The second-order valence-electron chi connectivity index (χ2n) is 4.75. The van der Waals surface area contributed by atoms with E-state index >= 15 is 0 Å². The fourth-order valence-corrected chi connectivity index (χ4v) is 1.91. The van der Waals surface area contributed by atoms with Gasteiger partial charge in [-0.05, 0) is 31.9 Å². The van der Waals surface area contributed by atoms with Crippen LogP contribution in [0.15, 0.2) is 24.3 Å². The topological polar surface area (TPSA) is 46.6 Å². The van der Waals surface area contributed by atoms with Crippen molar-refractivity contribution in [2.75, 3.05) is 14.2 Å². The number of carbonyl (C=O) groups excluding carboxylic acids is 2. The summed E-state index contributed by atoms with van der Waals surface area (Å²) < 4.78 is 5.29. The predicted octanol–water partition coefficient (Wildman–Crippen LogP) is 2.06. The summed E-state index contributed by atoms with van der Waals surface area (Å²) in [5.74, 6) is 0.568. The molecular formula is C15H21NO3. The first-order valence-corrected chi connectivity index (χ1v) is 6.32. The van der Waals surface area contributed by atoms with Crippen LogP contribution >= 0.6 is 0 Å². The molecule has 19 heavy (non-hydrogen) atoms. The number of amides is 1. The molecule has 1 rings (SSSR count). The highest BCUT2D eigenvalue weighted by Crippen LogP contribution is 2.20. The highest BCUT2D eigenvalue weighted by atomic mass is 16.5. The highest BCUT2D eigenvalue weighted by molar-refractivity contribution is 5.96. The fourth-order valence-electron chi connectivity index (χ4n) is 1.91. The fraction of sp³-hybridized carbons (Fsp3) is 0.467. The molecule has 0 aliphatic heterocycles. The van der Waals surface area contributed by atoms with E-state index in [0.29, 0.717) is 6.42 Å². The second kappa shape index (κ2) is 6.92. The Hall–Kier alpha value is -1.84. The number of para-hydroxylation sites is 1. The van der Waals surface area contributed by atoms with Gasteiger partial charge < -0.3 is 9.64 Å². The summed E-state index contributed by atoms with van der Waals surface area (Å²) in [5, 5.41) is 0. The molecule has 1 amide bonds. The van der Waals surface area contributed by atoms with Crippen LogP contribution in [-0.2, 0) is 16.0 Å². The summed E-state index contributed by atoms with van der Waals surface area (Å²) in [7, 11) is 3.36. The Labute approximate surface area is 114 Å². The van der Waals surface area contributed by atoms with Crippen molar-refractivity contribution in [1.82, 2.24) is 4.90 Å². The first-order valence-electron chi connectivity index (χ1n) is 6.32.